The molecule has 0 fully saturated rings. The first-order chi connectivity index (χ1) is 11.5. The van der Waals surface area contributed by atoms with Crippen LogP contribution in [0.3, 0.4) is 0 Å². The molecular weight excluding hydrogens is 304 g/mol. The van der Waals surface area contributed by atoms with E-state index in [0.717, 1.165) is 5.56 Å². The summed E-state index contributed by atoms with van der Waals surface area (Å²) < 4.78 is 0. The van der Waals surface area contributed by atoms with Crippen LogP contribution < -0.4 is 22.5 Å². The molecule has 0 saturated heterocycles. The summed E-state index contributed by atoms with van der Waals surface area (Å²) in [6, 6.07) is 5.25. The van der Waals surface area contributed by atoms with Crippen molar-refractivity contribution in [3.8, 4) is 11.8 Å². The number of allylic oxidation sites excluding steroid dienone is 3. The number of benzene rings is 1. The summed E-state index contributed by atoms with van der Waals surface area (Å²) in [6.07, 6.45) is 7.46. The van der Waals surface area contributed by atoms with E-state index < -0.39 is 23.9 Å². The summed E-state index contributed by atoms with van der Waals surface area (Å²) >= 11 is 0. The van der Waals surface area contributed by atoms with E-state index in [4.69, 9.17) is 17.2 Å². The number of carbonyl (C=O) groups is 2. The third kappa shape index (κ3) is 6.38. The van der Waals surface area contributed by atoms with Crippen molar-refractivity contribution in [1.29, 1.82) is 0 Å². The van der Waals surface area contributed by atoms with Gasteiger partial charge in [0.2, 0.25) is 5.91 Å². The normalized spacial score (nSPS) is 13.2. The molecule has 7 N–H and O–H groups in total. The van der Waals surface area contributed by atoms with Crippen LogP contribution in [0.5, 0.6) is 0 Å². The van der Waals surface area contributed by atoms with Gasteiger partial charge >= 0.3 is 0 Å². The Morgan fingerprint density at radius 1 is 1.25 bits per heavy atom. The maximum atomic E-state index is 12.1. The van der Waals surface area contributed by atoms with Crippen LogP contribution in [0.15, 0.2) is 48.7 Å². The number of primary amides is 1. The van der Waals surface area contributed by atoms with Gasteiger partial charge in [0.25, 0.3) is 5.91 Å². The van der Waals surface area contributed by atoms with E-state index in [1.54, 1.807) is 37.3 Å². The van der Waals surface area contributed by atoms with Crippen molar-refractivity contribution < 1.29 is 9.59 Å². The van der Waals surface area contributed by atoms with Gasteiger partial charge in [-0.2, -0.15) is 0 Å². The molecular formula is C18H22N4O2. The second-order valence-electron chi connectivity index (χ2n) is 5.11. The van der Waals surface area contributed by atoms with E-state index >= 15 is 0 Å². The van der Waals surface area contributed by atoms with Gasteiger partial charge in [0, 0.05) is 23.6 Å². The molecule has 6 nitrogen and oxygen atoms in total. The smallest absolute Gasteiger partial charge is 0.251 e. The Labute approximate surface area is 141 Å². The van der Waals surface area contributed by atoms with E-state index in [1.807, 2.05) is 12.2 Å². The van der Waals surface area contributed by atoms with Gasteiger partial charge in [0.15, 0.2) is 0 Å². The van der Waals surface area contributed by atoms with Crippen LogP contribution in [-0.2, 0) is 4.79 Å². The highest BCUT2D eigenvalue weighted by molar-refractivity contribution is 5.97. The topological polar surface area (TPSA) is 124 Å². The molecule has 1 aromatic carbocycles. The first-order valence-corrected chi connectivity index (χ1v) is 7.43. The molecule has 0 aliphatic rings. The summed E-state index contributed by atoms with van der Waals surface area (Å²) in [5.74, 6) is 4.89. The SMILES string of the molecule is CC(N)C(NC(=O)c1ccc(C#CC/C=C\C=C/N)cc1)C(N)=O. The van der Waals surface area contributed by atoms with Crippen molar-refractivity contribution >= 4 is 11.8 Å². The predicted octanol–water partition coefficient (Wildman–Crippen LogP) is 0.388. The molecule has 24 heavy (non-hydrogen) atoms. The number of nitrogens with two attached hydrogens (primary N) is 3. The number of hydrogen-bond donors (Lipinski definition) is 4. The lowest BCUT2D eigenvalue weighted by Gasteiger charge is -2.18. The van der Waals surface area contributed by atoms with E-state index in [1.165, 1.54) is 6.20 Å². The average molecular weight is 326 g/mol. The number of nitrogens with one attached hydrogen (secondary N) is 1. The van der Waals surface area contributed by atoms with Gasteiger partial charge in [0.1, 0.15) is 6.04 Å². The lowest BCUT2D eigenvalue weighted by Crippen LogP contribution is -2.53. The first kappa shape index (κ1) is 19.0. The number of rotatable bonds is 6. The van der Waals surface area contributed by atoms with Crippen LogP contribution in [0.2, 0.25) is 0 Å². The van der Waals surface area contributed by atoms with Crippen molar-refractivity contribution in [2.45, 2.75) is 25.4 Å². The lowest BCUT2D eigenvalue weighted by atomic mass is 10.1. The second-order valence-corrected chi connectivity index (χ2v) is 5.11. The lowest BCUT2D eigenvalue weighted by molar-refractivity contribution is -0.120. The zero-order valence-corrected chi connectivity index (χ0v) is 13.5. The Hall–Kier alpha value is -3.04. The summed E-state index contributed by atoms with van der Waals surface area (Å²) in [7, 11) is 0. The summed E-state index contributed by atoms with van der Waals surface area (Å²) in [5, 5.41) is 2.52. The van der Waals surface area contributed by atoms with Gasteiger partial charge in [-0.05, 0) is 43.5 Å². The van der Waals surface area contributed by atoms with Gasteiger partial charge in [-0.1, -0.05) is 24.0 Å². The third-order valence-corrected chi connectivity index (χ3v) is 3.08. The maximum Gasteiger partial charge on any atom is 0.251 e. The molecule has 6 heteroatoms. The molecule has 2 atom stereocenters. The van der Waals surface area contributed by atoms with Crippen LogP contribution >= 0.6 is 0 Å². The molecule has 0 spiro atoms. The van der Waals surface area contributed by atoms with Gasteiger partial charge in [0.05, 0.1) is 0 Å². The first-order valence-electron chi connectivity index (χ1n) is 7.43. The molecule has 0 bridgehead atoms. The maximum absolute atomic E-state index is 12.1. The number of carbonyl (C=O) groups excluding carboxylic acids is 2. The molecule has 0 heterocycles. The van der Waals surface area contributed by atoms with E-state index in [9.17, 15) is 9.59 Å². The molecule has 0 aliphatic heterocycles. The molecule has 0 aromatic heterocycles. The molecule has 1 aromatic rings. The Balaban J connectivity index is 2.68. The van der Waals surface area contributed by atoms with Gasteiger partial charge in [-0.3, -0.25) is 9.59 Å². The van der Waals surface area contributed by atoms with Crippen LogP contribution in [0.1, 0.15) is 29.3 Å². The van der Waals surface area contributed by atoms with Gasteiger partial charge in [-0.15, -0.1) is 0 Å². The van der Waals surface area contributed by atoms with Gasteiger partial charge in [-0.25, -0.2) is 0 Å². The molecule has 0 radical (unpaired) electrons. The molecule has 126 valence electrons. The van der Waals surface area contributed by atoms with Crippen molar-refractivity contribution in [1.82, 2.24) is 5.32 Å². The van der Waals surface area contributed by atoms with Crippen LogP contribution in [0.4, 0.5) is 0 Å². The van der Waals surface area contributed by atoms with Crippen molar-refractivity contribution in [3.05, 3.63) is 59.8 Å². The Morgan fingerprint density at radius 2 is 1.92 bits per heavy atom. The fourth-order valence-electron chi connectivity index (χ4n) is 1.81. The molecule has 0 aliphatic carbocycles. The van der Waals surface area contributed by atoms with E-state index in [2.05, 4.69) is 17.2 Å². The van der Waals surface area contributed by atoms with Crippen molar-refractivity contribution in [2.75, 3.05) is 0 Å². The Kier molecular flexibility index (Phi) is 7.82. The van der Waals surface area contributed by atoms with E-state index in [0.29, 0.717) is 12.0 Å². The molecule has 1 rings (SSSR count). The van der Waals surface area contributed by atoms with Crippen LogP contribution in [0, 0.1) is 11.8 Å². The highest BCUT2D eigenvalue weighted by Gasteiger charge is 2.22. The standard InChI is InChI=1S/C18H22N4O2/c1-13(20)16(17(21)23)22-18(24)15-10-8-14(9-11-15)7-5-3-2-4-6-12-19/h2,4,6,8-13,16H,3,19-20H2,1H3,(H2,21,23)(H,22,24)/b4-2-,12-6-. The number of hydrogen-bond acceptors (Lipinski definition) is 4. The Morgan fingerprint density at radius 3 is 2.46 bits per heavy atom. The van der Waals surface area contributed by atoms with Crippen molar-refractivity contribution in [3.63, 3.8) is 0 Å². The summed E-state index contributed by atoms with van der Waals surface area (Å²) in [6.45, 7) is 1.60. The predicted molar refractivity (Wildman–Crippen MR) is 94.5 cm³/mol. The van der Waals surface area contributed by atoms with Crippen LogP contribution in [-0.4, -0.2) is 23.9 Å². The fourth-order valence-corrected chi connectivity index (χ4v) is 1.81. The summed E-state index contributed by atoms with van der Waals surface area (Å²) in [5.41, 5.74) is 17.2. The zero-order chi connectivity index (χ0) is 17.9. The number of amides is 2. The second kappa shape index (κ2) is 9.87. The van der Waals surface area contributed by atoms with Crippen LogP contribution in [0.25, 0.3) is 0 Å². The average Bonchev–Trinajstić information content (AvgIpc) is 2.55. The van der Waals surface area contributed by atoms with Gasteiger partial charge < -0.3 is 22.5 Å². The highest BCUT2D eigenvalue weighted by atomic mass is 16.2. The molecule has 2 amide bonds. The monoisotopic (exact) mass is 326 g/mol. The Bertz CT molecular complexity index is 679. The minimum Gasteiger partial charge on any atom is -0.405 e. The summed E-state index contributed by atoms with van der Waals surface area (Å²) in [4.78, 5) is 23.4. The van der Waals surface area contributed by atoms with Crippen molar-refractivity contribution in [2.24, 2.45) is 17.2 Å². The quantitative estimate of drug-likeness (QED) is 0.446. The minimum atomic E-state index is -0.911. The highest BCUT2D eigenvalue weighted by Crippen LogP contribution is 2.04. The minimum absolute atomic E-state index is 0.403. The largest absolute Gasteiger partial charge is 0.405 e. The zero-order valence-electron chi connectivity index (χ0n) is 13.5. The molecule has 0 saturated carbocycles. The molecule has 2 unspecified atom stereocenters. The van der Waals surface area contributed by atoms with E-state index in [-0.39, 0.29) is 0 Å². The third-order valence-electron chi connectivity index (χ3n) is 3.08. The fraction of sp³-hybridized carbons (Fsp3) is 0.222.